The summed E-state index contributed by atoms with van der Waals surface area (Å²) in [5.74, 6) is 4.12. The van der Waals surface area contributed by atoms with Crippen LogP contribution >= 0.6 is 0 Å². The first-order valence-electron chi connectivity index (χ1n) is 10.3. The predicted molar refractivity (Wildman–Crippen MR) is 117 cm³/mol. The monoisotopic (exact) mass is 440 g/mol. The third-order valence-corrected chi connectivity index (χ3v) is 5.50. The summed E-state index contributed by atoms with van der Waals surface area (Å²) in [7, 11) is 3.07. The first kappa shape index (κ1) is 23.4. The second-order valence-corrected chi connectivity index (χ2v) is 7.44. The highest BCUT2D eigenvalue weighted by Gasteiger charge is 2.36. The Kier molecular flexibility index (Phi) is 7.93. The number of benzene rings is 2. The molecule has 1 heterocycles. The lowest BCUT2D eigenvalue weighted by atomic mass is 10.1. The summed E-state index contributed by atoms with van der Waals surface area (Å²) in [6.45, 7) is 0.455. The number of ether oxygens (including phenoxy) is 2. The Bertz CT molecular complexity index is 931. The number of nitrogens with zero attached hydrogens (tertiary/aromatic N) is 1. The highest BCUT2D eigenvalue weighted by atomic mass is 16.7. The fourth-order valence-electron chi connectivity index (χ4n) is 3.87. The molecule has 0 unspecified atom stereocenters. The minimum absolute atomic E-state index is 0.250. The van der Waals surface area contributed by atoms with E-state index in [1.54, 1.807) is 48.5 Å². The maximum atomic E-state index is 13.1. The molecule has 0 spiro atoms. The molecule has 1 aliphatic rings. The standard InChI is InChI=1S/C23H28N4O5/c1-31-23(32-2)17-12-10-16(11-13-17)22(30)27-14-6-9-18(27)20(28)25-19(21(29)26-24)15-7-4-3-5-8-15/h3-5,7-8,10-13,18-19,23H,6,9,14,24H2,1-2H3,(H,25,28)(H,26,29)/t18-,19-/m0/s1. The molecule has 2 aromatic rings. The van der Waals surface area contributed by atoms with E-state index in [0.717, 1.165) is 5.56 Å². The van der Waals surface area contributed by atoms with Crippen LogP contribution in [0.5, 0.6) is 0 Å². The second-order valence-electron chi connectivity index (χ2n) is 7.44. The lowest BCUT2D eigenvalue weighted by molar-refractivity contribution is -0.131. The van der Waals surface area contributed by atoms with Gasteiger partial charge in [-0.1, -0.05) is 42.5 Å². The van der Waals surface area contributed by atoms with Gasteiger partial charge >= 0.3 is 0 Å². The number of nitrogens with one attached hydrogen (secondary N) is 2. The average molecular weight is 441 g/mol. The van der Waals surface area contributed by atoms with Crippen LogP contribution in [0.4, 0.5) is 0 Å². The molecule has 9 heteroatoms. The number of methoxy groups -OCH3 is 2. The Labute approximate surface area is 186 Å². The van der Waals surface area contributed by atoms with Crippen molar-refractivity contribution in [2.75, 3.05) is 20.8 Å². The number of hydrogen-bond donors (Lipinski definition) is 3. The normalized spacial score (nSPS) is 16.6. The number of carbonyl (C=O) groups excluding carboxylic acids is 3. The zero-order chi connectivity index (χ0) is 23.1. The zero-order valence-corrected chi connectivity index (χ0v) is 18.1. The van der Waals surface area contributed by atoms with Gasteiger partial charge in [-0.05, 0) is 30.5 Å². The third-order valence-electron chi connectivity index (χ3n) is 5.50. The Morgan fingerprint density at radius 2 is 1.66 bits per heavy atom. The van der Waals surface area contributed by atoms with Crippen LogP contribution in [-0.2, 0) is 19.1 Å². The van der Waals surface area contributed by atoms with Gasteiger partial charge in [0.2, 0.25) is 5.91 Å². The van der Waals surface area contributed by atoms with E-state index in [1.165, 1.54) is 19.1 Å². The molecule has 3 amide bonds. The molecule has 2 atom stereocenters. The van der Waals surface area contributed by atoms with Crippen molar-refractivity contribution in [2.24, 2.45) is 5.84 Å². The Morgan fingerprint density at radius 3 is 2.25 bits per heavy atom. The summed E-state index contributed by atoms with van der Waals surface area (Å²) in [5, 5.41) is 2.74. The second kappa shape index (κ2) is 10.9. The Hall–Kier alpha value is -3.27. The van der Waals surface area contributed by atoms with Crippen LogP contribution in [0.2, 0.25) is 0 Å². The molecule has 9 nitrogen and oxygen atoms in total. The van der Waals surface area contributed by atoms with E-state index in [2.05, 4.69) is 10.7 Å². The van der Waals surface area contributed by atoms with Gasteiger partial charge in [0, 0.05) is 31.9 Å². The SMILES string of the molecule is COC(OC)c1ccc(C(=O)N2CCC[C@H]2C(=O)N[C@H](C(=O)NN)c2ccccc2)cc1. The molecule has 0 bridgehead atoms. The number of amides is 3. The van der Waals surface area contributed by atoms with E-state index >= 15 is 0 Å². The maximum absolute atomic E-state index is 13.1. The molecule has 0 aliphatic carbocycles. The zero-order valence-electron chi connectivity index (χ0n) is 18.1. The van der Waals surface area contributed by atoms with Gasteiger partial charge in [-0.3, -0.25) is 19.8 Å². The number of hydrogen-bond acceptors (Lipinski definition) is 6. The number of carbonyl (C=O) groups is 3. The summed E-state index contributed by atoms with van der Waals surface area (Å²) in [4.78, 5) is 40.0. The fraction of sp³-hybridized carbons (Fsp3) is 0.348. The quantitative estimate of drug-likeness (QED) is 0.247. The van der Waals surface area contributed by atoms with E-state index in [0.29, 0.717) is 30.5 Å². The van der Waals surface area contributed by atoms with Crippen molar-refractivity contribution < 1.29 is 23.9 Å². The molecule has 0 radical (unpaired) electrons. The molecule has 0 saturated carbocycles. The van der Waals surface area contributed by atoms with Crippen molar-refractivity contribution in [3.63, 3.8) is 0 Å². The number of rotatable bonds is 8. The van der Waals surface area contributed by atoms with Crippen molar-refractivity contribution in [1.82, 2.24) is 15.6 Å². The van der Waals surface area contributed by atoms with Gasteiger partial charge in [-0.25, -0.2) is 5.84 Å². The highest BCUT2D eigenvalue weighted by molar-refractivity contribution is 5.99. The van der Waals surface area contributed by atoms with Crippen LogP contribution in [0.25, 0.3) is 0 Å². The molecule has 3 rings (SSSR count). The lowest BCUT2D eigenvalue weighted by Crippen LogP contribution is -2.50. The molecular formula is C23H28N4O5. The largest absolute Gasteiger partial charge is 0.352 e. The van der Waals surface area contributed by atoms with Crippen molar-refractivity contribution in [1.29, 1.82) is 0 Å². The molecule has 170 valence electrons. The number of nitrogens with two attached hydrogens (primary N) is 1. The smallest absolute Gasteiger partial charge is 0.261 e. The molecule has 32 heavy (non-hydrogen) atoms. The van der Waals surface area contributed by atoms with E-state index in [4.69, 9.17) is 15.3 Å². The average Bonchev–Trinajstić information content (AvgIpc) is 3.33. The van der Waals surface area contributed by atoms with Crippen molar-refractivity contribution in [3.05, 3.63) is 71.3 Å². The van der Waals surface area contributed by atoms with Crippen molar-refractivity contribution in [3.8, 4) is 0 Å². The van der Waals surface area contributed by atoms with Gasteiger partial charge in [0.1, 0.15) is 12.1 Å². The molecule has 1 saturated heterocycles. The topological polar surface area (TPSA) is 123 Å². The molecule has 4 N–H and O–H groups in total. The predicted octanol–water partition coefficient (Wildman–Crippen LogP) is 1.43. The van der Waals surface area contributed by atoms with Gasteiger partial charge in [-0.15, -0.1) is 0 Å². The lowest BCUT2D eigenvalue weighted by Gasteiger charge is -2.26. The fourth-order valence-corrected chi connectivity index (χ4v) is 3.87. The molecule has 2 aromatic carbocycles. The van der Waals surface area contributed by atoms with Gasteiger partial charge in [0.15, 0.2) is 6.29 Å². The minimum atomic E-state index is -0.953. The number of likely N-dealkylation sites (tertiary alicyclic amines) is 1. The molecule has 0 aromatic heterocycles. The molecule has 1 aliphatic heterocycles. The van der Waals surface area contributed by atoms with Crippen LogP contribution in [0, 0.1) is 0 Å². The van der Waals surface area contributed by atoms with Crippen LogP contribution in [0.3, 0.4) is 0 Å². The number of hydrazine groups is 1. The van der Waals surface area contributed by atoms with Crippen molar-refractivity contribution >= 4 is 17.7 Å². The summed E-state index contributed by atoms with van der Waals surface area (Å²) in [6.07, 6.45) is 0.681. The van der Waals surface area contributed by atoms with Crippen molar-refractivity contribution in [2.45, 2.75) is 31.2 Å². The summed E-state index contributed by atoms with van der Waals surface area (Å²) < 4.78 is 10.4. The van der Waals surface area contributed by atoms with E-state index < -0.39 is 30.2 Å². The van der Waals surface area contributed by atoms with Crippen LogP contribution in [0.15, 0.2) is 54.6 Å². The third kappa shape index (κ3) is 5.13. The van der Waals surface area contributed by atoms with E-state index in [9.17, 15) is 14.4 Å². The maximum Gasteiger partial charge on any atom is 0.261 e. The van der Waals surface area contributed by atoms with E-state index in [-0.39, 0.29) is 5.91 Å². The first-order valence-corrected chi connectivity index (χ1v) is 10.3. The van der Waals surface area contributed by atoms with Gasteiger partial charge < -0.3 is 19.7 Å². The summed E-state index contributed by atoms with van der Waals surface area (Å²) in [6, 6.07) is 14.1. The minimum Gasteiger partial charge on any atom is -0.352 e. The molecule has 1 fully saturated rings. The van der Waals surface area contributed by atoms with Gasteiger partial charge in [0.05, 0.1) is 0 Å². The molecular weight excluding hydrogens is 412 g/mol. The van der Waals surface area contributed by atoms with Crippen LogP contribution in [-0.4, -0.2) is 49.4 Å². The Morgan fingerprint density at radius 1 is 1.00 bits per heavy atom. The van der Waals surface area contributed by atoms with E-state index in [1.807, 2.05) is 6.07 Å². The van der Waals surface area contributed by atoms with Crippen LogP contribution in [0.1, 0.15) is 46.7 Å². The van der Waals surface area contributed by atoms with Gasteiger partial charge in [0.25, 0.3) is 11.8 Å². The highest BCUT2D eigenvalue weighted by Crippen LogP contribution is 2.24. The summed E-state index contributed by atoms with van der Waals surface area (Å²) >= 11 is 0. The van der Waals surface area contributed by atoms with Crippen LogP contribution < -0.4 is 16.6 Å². The summed E-state index contributed by atoms with van der Waals surface area (Å²) in [5.41, 5.74) is 3.92. The van der Waals surface area contributed by atoms with Gasteiger partial charge in [-0.2, -0.15) is 0 Å². The first-order chi connectivity index (χ1) is 15.5. The Balaban J connectivity index is 1.74.